The van der Waals surface area contributed by atoms with Crippen LogP contribution in [-0.4, -0.2) is 11.7 Å². The number of Topliss-reactive ketones (excluding diaryl/α,β-unsaturated/α-hetero) is 1. The van der Waals surface area contributed by atoms with Gasteiger partial charge in [-0.3, -0.25) is 9.59 Å². The number of hydrogen-bond donors (Lipinski definition) is 1. The maximum absolute atomic E-state index is 12.7. The molecular weight excluding hydrogens is 274 g/mol. The first-order valence-corrected chi connectivity index (χ1v) is 8.02. The molecule has 1 aliphatic rings. The molecule has 3 nitrogen and oxygen atoms in total. The monoisotopic (exact) mass is 299 g/mol. The molecule has 0 aromatic heterocycles. The molecule has 1 amide bonds. The first-order valence-electron chi connectivity index (χ1n) is 8.02. The third-order valence-electron chi connectivity index (χ3n) is 4.42. The molecule has 1 N–H and O–H groups in total. The minimum atomic E-state index is -0.0815. The van der Waals surface area contributed by atoms with E-state index in [1.54, 1.807) is 0 Å². The van der Waals surface area contributed by atoms with Crippen LogP contribution in [0.4, 0.5) is 5.69 Å². The van der Waals surface area contributed by atoms with E-state index in [0.717, 1.165) is 29.7 Å². The maximum atomic E-state index is 12.7. The fourth-order valence-corrected chi connectivity index (χ4v) is 3.07. The Labute approximate surface area is 132 Å². The fourth-order valence-electron chi connectivity index (χ4n) is 3.07. The van der Waals surface area contributed by atoms with Gasteiger partial charge in [-0.1, -0.05) is 32.9 Å². The van der Waals surface area contributed by atoms with Crippen LogP contribution >= 0.6 is 0 Å². The van der Waals surface area contributed by atoms with Gasteiger partial charge >= 0.3 is 0 Å². The van der Waals surface area contributed by atoms with Gasteiger partial charge in [0.05, 0.1) is 0 Å². The van der Waals surface area contributed by atoms with E-state index in [1.807, 2.05) is 30.3 Å². The minimum absolute atomic E-state index is 0.0815. The Balaban J connectivity index is 2.22. The predicted molar refractivity (Wildman–Crippen MR) is 90.5 cm³/mol. The van der Waals surface area contributed by atoms with E-state index < -0.39 is 0 Å². The summed E-state index contributed by atoms with van der Waals surface area (Å²) >= 11 is 0. The second-order valence-electron chi connectivity index (χ2n) is 6.60. The molecule has 1 aromatic rings. The van der Waals surface area contributed by atoms with Gasteiger partial charge in [0, 0.05) is 18.5 Å². The molecule has 0 spiro atoms. The number of carbonyl (C=O) groups excluding carboxylic acids is 2. The molecule has 0 radical (unpaired) electrons. The molecule has 3 heteroatoms. The number of hydrogen-bond acceptors (Lipinski definition) is 2. The van der Waals surface area contributed by atoms with Crippen molar-refractivity contribution < 1.29 is 9.59 Å². The molecule has 0 unspecified atom stereocenters. The number of nitrogens with one attached hydrogen (secondary N) is 1. The topological polar surface area (TPSA) is 46.2 Å². The maximum Gasteiger partial charge on any atom is 0.221 e. The van der Waals surface area contributed by atoms with Crippen molar-refractivity contribution in [1.29, 1.82) is 0 Å². The van der Waals surface area contributed by atoms with Gasteiger partial charge in [-0.25, -0.2) is 0 Å². The van der Waals surface area contributed by atoms with E-state index in [4.69, 9.17) is 0 Å². The zero-order valence-electron chi connectivity index (χ0n) is 13.8. The van der Waals surface area contributed by atoms with Crippen molar-refractivity contribution in [2.75, 3.05) is 5.32 Å². The van der Waals surface area contributed by atoms with Gasteiger partial charge < -0.3 is 5.32 Å². The van der Waals surface area contributed by atoms with Crippen LogP contribution in [0.1, 0.15) is 46.1 Å². The second-order valence-corrected chi connectivity index (χ2v) is 6.60. The molecule has 118 valence electrons. The van der Waals surface area contributed by atoms with E-state index in [2.05, 4.69) is 26.1 Å². The van der Waals surface area contributed by atoms with Crippen LogP contribution in [0.2, 0.25) is 0 Å². The molecule has 1 saturated carbocycles. The van der Waals surface area contributed by atoms with Crippen LogP contribution in [-0.2, 0) is 9.59 Å². The minimum Gasteiger partial charge on any atom is -0.326 e. The van der Waals surface area contributed by atoms with Crippen molar-refractivity contribution in [1.82, 2.24) is 0 Å². The number of benzene rings is 1. The van der Waals surface area contributed by atoms with Crippen molar-refractivity contribution >= 4 is 23.5 Å². The molecule has 0 bridgehead atoms. The molecule has 2 atom stereocenters. The SMILES string of the molecule is CC(=O)Nc1ccc(C=C2C(=O)[C@H](C(C)C)CC[C@@H]2C)cc1. The third-order valence-corrected chi connectivity index (χ3v) is 4.42. The van der Waals surface area contributed by atoms with E-state index in [0.29, 0.717) is 17.6 Å². The van der Waals surface area contributed by atoms with Crippen LogP contribution < -0.4 is 5.32 Å². The molecule has 1 aromatic carbocycles. The zero-order chi connectivity index (χ0) is 16.3. The molecule has 0 aliphatic heterocycles. The summed E-state index contributed by atoms with van der Waals surface area (Å²) < 4.78 is 0. The number of anilines is 1. The highest BCUT2D eigenvalue weighted by Crippen LogP contribution is 2.35. The summed E-state index contributed by atoms with van der Waals surface area (Å²) in [4.78, 5) is 23.7. The standard InChI is InChI=1S/C19H25NO2/c1-12(2)17-10-5-13(3)18(19(17)22)11-15-6-8-16(9-7-15)20-14(4)21/h6-9,11-13,17H,5,10H2,1-4H3,(H,20,21)/t13-,17-/m0/s1. The smallest absolute Gasteiger partial charge is 0.221 e. The number of amides is 1. The average Bonchev–Trinajstić information content (AvgIpc) is 2.44. The molecule has 22 heavy (non-hydrogen) atoms. The van der Waals surface area contributed by atoms with Crippen LogP contribution in [0.15, 0.2) is 29.8 Å². The van der Waals surface area contributed by atoms with Crippen LogP contribution in [0, 0.1) is 17.8 Å². The number of ketones is 1. The van der Waals surface area contributed by atoms with Gasteiger partial charge in [0.15, 0.2) is 5.78 Å². The highest BCUT2D eigenvalue weighted by Gasteiger charge is 2.32. The Kier molecular flexibility index (Phi) is 5.17. The normalized spacial score (nSPS) is 23.9. The van der Waals surface area contributed by atoms with Crippen LogP contribution in [0.3, 0.4) is 0 Å². The quantitative estimate of drug-likeness (QED) is 0.846. The van der Waals surface area contributed by atoms with Crippen molar-refractivity contribution in [2.24, 2.45) is 17.8 Å². The van der Waals surface area contributed by atoms with E-state index in [9.17, 15) is 9.59 Å². The Morgan fingerprint density at radius 1 is 1.23 bits per heavy atom. The number of carbonyl (C=O) groups is 2. The largest absolute Gasteiger partial charge is 0.326 e. The molecule has 1 aliphatic carbocycles. The molecule has 2 rings (SSSR count). The number of rotatable bonds is 3. The Bertz CT molecular complexity index is 584. The van der Waals surface area contributed by atoms with Gasteiger partial charge in [0.1, 0.15) is 0 Å². The van der Waals surface area contributed by atoms with Crippen molar-refractivity contribution in [2.45, 2.75) is 40.5 Å². The van der Waals surface area contributed by atoms with Gasteiger partial charge in [0.2, 0.25) is 5.91 Å². The highest BCUT2D eigenvalue weighted by atomic mass is 16.1. The Morgan fingerprint density at radius 2 is 1.86 bits per heavy atom. The molecule has 1 fully saturated rings. The lowest BCUT2D eigenvalue weighted by atomic mass is 9.73. The first-order chi connectivity index (χ1) is 10.4. The summed E-state index contributed by atoms with van der Waals surface area (Å²) in [6.45, 7) is 7.87. The van der Waals surface area contributed by atoms with Gasteiger partial charge in [0.25, 0.3) is 0 Å². The van der Waals surface area contributed by atoms with E-state index in [1.165, 1.54) is 6.92 Å². The van der Waals surface area contributed by atoms with Crippen LogP contribution in [0.25, 0.3) is 6.08 Å². The van der Waals surface area contributed by atoms with Crippen LogP contribution in [0.5, 0.6) is 0 Å². The molecular formula is C19H25NO2. The second kappa shape index (κ2) is 6.91. The fraction of sp³-hybridized carbons (Fsp3) is 0.474. The summed E-state index contributed by atoms with van der Waals surface area (Å²) in [6.07, 6.45) is 4.08. The van der Waals surface area contributed by atoms with E-state index >= 15 is 0 Å². The molecule has 0 heterocycles. The molecule has 0 saturated heterocycles. The lowest BCUT2D eigenvalue weighted by Gasteiger charge is -2.30. The highest BCUT2D eigenvalue weighted by molar-refractivity contribution is 6.02. The summed E-state index contributed by atoms with van der Waals surface area (Å²) in [6, 6.07) is 7.62. The average molecular weight is 299 g/mol. The van der Waals surface area contributed by atoms with Gasteiger partial charge in [-0.15, -0.1) is 0 Å². The predicted octanol–water partition coefficient (Wildman–Crippen LogP) is 4.30. The zero-order valence-corrected chi connectivity index (χ0v) is 13.8. The number of allylic oxidation sites excluding steroid dienone is 1. The first kappa shape index (κ1) is 16.5. The van der Waals surface area contributed by atoms with Gasteiger partial charge in [-0.2, -0.15) is 0 Å². The summed E-state index contributed by atoms with van der Waals surface area (Å²) in [5, 5.41) is 2.75. The Hall–Kier alpha value is -1.90. The lowest BCUT2D eigenvalue weighted by molar-refractivity contribution is -0.122. The summed E-state index contributed by atoms with van der Waals surface area (Å²) in [7, 11) is 0. The lowest BCUT2D eigenvalue weighted by Crippen LogP contribution is -2.30. The third kappa shape index (κ3) is 3.85. The summed E-state index contributed by atoms with van der Waals surface area (Å²) in [5.41, 5.74) is 2.73. The van der Waals surface area contributed by atoms with Crippen molar-refractivity contribution in [3.05, 3.63) is 35.4 Å². The van der Waals surface area contributed by atoms with E-state index in [-0.39, 0.29) is 11.8 Å². The van der Waals surface area contributed by atoms with Crippen molar-refractivity contribution in [3.63, 3.8) is 0 Å². The van der Waals surface area contributed by atoms with Gasteiger partial charge in [-0.05, 0) is 54.0 Å². The van der Waals surface area contributed by atoms with Crippen molar-refractivity contribution in [3.8, 4) is 0 Å². The Morgan fingerprint density at radius 3 is 2.41 bits per heavy atom. The summed E-state index contributed by atoms with van der Waals surface area (Å²) in [5.74, 6) is 1.09.